The molecule has 27 heavy (non-hydrogen) atoms. The van der Waals surface area contributed by atoms with E-state index in [1.54, 1.807) is 13.0 Å². The molecule has 2 N–H and O–H groups in total. The van der Waals surface area contributed by atoms with E-state index in [1.165, 1.54) is 11.8 Å². The Balaban J connectivity index is 1.70. The van der Waals surface area contributed by atoms with Crippen LogP contribution in [0.1, 0.15) is 22.8 Å². The van der Waals surface area contributed by atoms with Crippen LogP contribution < -0.4 is 5.32 Å². The second-order valence-corrected chi connectivity index (χ2v) is 7.45. The molecule has 0 saturated carbocycles. The van der Waals surface area contributed by atoms with E-state index in [1.807, 2.05) is 66.9 Å². The molecule has 0 saturated heterocycles. The van der Waals surface area contributed by atoms with Crippen LogP contribution in [0.3, 0.4) is 0 Å². The molecule has 3 rings (SSSR count). The monoisotopic (exact) mass is 377 g/mol. The van der Waals surface area contributed by atoms with Gasteiger partial charge < -0.3 is 10.4 Å². The predicted octanol–water partition coefficient (Wildman–Crippen LogP) is 4.71. The summed E-state index contributed by atoms with van der Waals surface area (Å²) >= 11 is 1.53. The molecular formula is C23H23NO2S. The number of amides is 1. The lowest BCUT2D eigenvalue weighted by molar-refractivity contribution is 0.0525. The zero-order valence-electron chi connectivity index (χ0n) is 15.5. The molecule has 0 aliphatic heterocycles. The van der Waals surface area contributed by atoms with Crippen molar-refractivity contribution in [2.24, 2.45) is 0 Å². The second-order valence-electron chi connectivity index (χ2n) is 6.60. The molecule has 0 bridgehead atoms. The van der Waals surface area contributed by atoms with E-state index >= 15 is 0 Å². The zero-order valence-corrected chi connectivity index (χ0v) is 16.3. The van der Waals surface area contributed by atoms with E-state index < -0.39 is 5.60 Å². The maximum absolute atomic E-state index is 12.5. The highest BCUT2D eigenvalue weighted by molar-refractivity contribution is 7.98. The van der Waals surface area contributed by atoms with Crippen molar-refractivity contribution >= 4 is 17.7 Å². The third kappa shape index (κ3) is 4.59. The molecule has 1 amide bonds. The predicted molar refractivity (Wildman–Crippen MR) is 112 cm³/mol. The minimum atomic E-state index is -1.15. The number of hydrogen-bond donors (Lipinski definition) is 2. The van der Waals surface area contributed by atoms with Gasteiger partial charge in [-0.15, -0.1) is 11.8 Å². The van der Waals surface area contributed by atoms with Crippen molar-refractivity contribution in [1.82, 2.24) is 5.32 Å². The summed E-state index contributed by atoms with van der Waals surface area (Å²) in [6.07, 6.45) is 1.94. The smallest absolute Gasteiger partial charge is 0.252 e. The van der Waals surface area contributed by atoms with E-state index in [9.17, 15) is 9.90 Å². The Morgan fingerprint density at radius 1 is 0.926 bits per heavy atom. The Labute approximate surface area is 164 Å². The lowest BCUT2D eigenvalue weighted by atomic mass is 9.93. The van der Waals surface area contributed by atoms with Gasteiger partial charge in [-0.25, -0.2) is 0 Å². The average Bonchev–Trinajstić information content (AvgIpc) is 2.73. The van der Waals surface area contributed by atoms with Gasteiger partial charge in [-0.1, -0.05) is 66.7 Å². The molecule has 0 fully saturated rings. The number of benzene rings is 3. The lowest BCUT2D eigenvalue weighted by Gasteiger charge is -2.25. The van der Waals surface area contributed by atoms with Crippen molar-refractivity contribution in [3.63, 3.8) is 0 Å². The molecule has 3 nitrogen and oxygen atoms in total. The molecule has 1 unspecified atom stereocenters. The van der Waals surface area contributed by atoms with Crippen molar-refractivity contribution in [3.8, 4) is 11.1 Å². The Morgan fingerprint density at radius 3 is 2.19 bits per heavy atom. The Morgan fingerprint density at radius 2 is 1.52 bits per heavy atom. The van der Waals surface area contributed by atoms with Crippen LogP contribution in [0.5, 0.6) is 0 Å². The van der Waals surface area contributed by atoms with E-state index in [0.29, 0.717) is 5.56 Å². The number of hydrogen-bond acceptors (Lipinski definition) is 3. The first-order valence-corrected chi connectivity index (χ1v) is 10.0. The van der Waals surface area contributed by atoms with Gasteiger partial charge in [-0.3, -0.25) is 4.79 Å². The summed E-state index contributed by atoms with van der Waals surface area (Å²) in [5.41, 5.74) is 2.46. The van der Waals surface area contributed by atoms with Gasteiger partial charge in [0, 0.05) is 4.90 Å². The number of thioether (sulfide) groups is 1. The maximum Gasteiger partial charge on any atom is 0.252 e. The Hall–Kier alpha value is -2.56. The topological polar surface area (TPSA) is 49.3 Å². The highest BCUT2D eigenvalue weighted by Gasteiger charge is 2.24. The first-order chi connectivity index (χ1) is 13.0. The molecule has 1 atom stereocenters. The summed E-state index contributed by atoms with van der Waals surface area (Å²) in [6, 6.07) is 25.4. The van der Waals surface area contributed by atoms with Crippen LogP contribution in [0.25, 0.3) is 11.1 Å². The third-order valence-electron chi connectivity index (χ3n) is 4.56. The van der Waals surface area contributed by atoms with Crippen LogP contribution in [0.4, 0.5) is 0 Å². The molecule has 0 heterocycles. The SMILES string of the molecule is CSc1ccccc1C(=O)NCC(C)(O)c1ccc(-c2ccccc2)cc1. The maximum atomic E-state index is 12.5. The van der Waals surface area contributed by atoms with Crippen molar-refractivity contribution < 1.29 is 9.90 Å². The normalized spacial score (nSPS) is 13.0. The molecule has 0 radical (unpaired) electrons. The second kappa shape index (κ2) is 8.42. The van der Waals surface area contributed by atoms with Gasteiger partial charge >= 0.3 is 0 Å². The number of nitrogens with one attached hydrogen (secondary N) is 1. The Bertz CT molecular complexity index is 905. The fraction of sp³-hybridized carbons (Fsp3) is 0.174. The summed E-state index contributed by atoms with van der Waals surface area (Å²) in [5, 5.41) is 13.7. The van der Waals surface area contributed by atoms with Gasteiger partial charge in [0.1, 0.15) is 5.60 Å². The van der Waals surface area contributed by atoms with E-state index in [-0.39, 0.29) is 12.5 Å². The summed E-state index contributed by atoms with van der Waals surface area (Å²) in [4.78, 5) is 13.4. The van der Waals surface area contributed by atoms with Gasteiger partial charge in [-0.2, -0.15) is 0 Å². The molecule has 3 aromatic carbocycles. The van der Waals surface area contributed by atoms with Gasteiger partial charge in [0.05, 0.1) is 12.1 Å². The molecule has 0 aromatic heterocycles. The van der Waals surface area contributed by atoms with Crippen molar-refractivity contribution in [2.75, 3.05) is 12.8 Å². The number of rotatable bonds is 6. The molecular weight excluding hydrogens is 354 g/mol. The van der Waals surface area contributed by atoms with Crippen LogP contribution in [0, 0.1) is 0 Å². The van der Waals surface area contributed by atoms with Crippen molar-refractivity contribution in [3.05, 3.63) is 90.0 Å². The largest absolute Gasteiger partial charge is 0.384 e. The van der Waals surface area contributed by atoms with Crippen LogP contribution in [-0.4, -0.2) is 23.8 Å². The number of aliphatic hydroxyl groups is 1. The first-order valence-electron chi connectivity index (χ1n) is 8.81. The minimum Gasteiger partial charge on any atom is -0.384 e. The summed E-state index contributed by atoms with van der Waals surface area (Å²) < 4.78 is 0. The van der Waals surface area contributed by atoms with E-state index in [2.05, 4.69) is 17.4 Å². The Kier molecular flexibility index (Phi) is 5.99. The average molecular weight is 378 g/mol. The molecule has 0 spiro atoms. The number of carbonyl (C=O) groups is 1. The molecule has 4 heteroatoms. The highest BCUT2D eigenvalue weighted by atomic mass is 32.2. The van der Waals surface area contributed by atoms with Gasteiger partial charge in [0.15, 0.2) is 0 Å². The zero-order chi connectivity index (χ0) is 19.3. The quantitative estimate of drug-likeness (QED) is 0.612. The highest BCUT2D eigenvalue weighted by Crippen LogP contribution is 2.25. The van der Waals surface area contributed by atoms with Crippen molar-refractivity contribution in [1.29, 1.82) is 0 Å². The van der Waals surface area contributed by atoms with Crippen molar-refractivity contribution in [2.45, 2.75) is 17.4 Å². The third-order valence-corrected chi connectivity index (χ3v) is 5.35. The summed E-state index contributed by atoms with van der Waals surface area (Å²) in [5.74, 6) is -0.180. The molecule has 3 aromatic rings. The van der Waals surface area contributed by atoms with Crippen LogP contribution >= 0.6 is 11.8 Å². The van der Waals surface area contributed by atoms with Crippen LogP contribution in [0.2, 0.25) is 0 Å². The first kappa shape index (κ1) is 19.2. The fourth-order valence-electron chi connectivity index (χ4n) is 2.93. The van der Waals surface area contributed by atoms with E-state index in [4.69, 9.17) is 0 Å². The van der Waals surface area contributed by atoms with Gasteiger partial charge in [0.2, 0.25) is 0 Å². The lowest BCUT2D eigenvalue weighted by Crippen LogP contribution is -2.38. The molecule has 0 aliphatic carbocycles. The molecule has 138 valence electrons. The van der Waals surface area contributed by atoms with Gasteiger partial charge in [-0.05, 0) is 42.0 Å². The van der Waals surface area contributed by atoms with Crippen LogP contribution in [-0.2, 0) is 5.60 Å². The van der Waals surface area contributed by atoms with E-state index in [0.717, 1.165) is 21.6 Å². The minimum absolute atomic E-state index is 0.138. The fourth-order valence-corrected chi connectivity index (χ4v) is 3.53. The standard InChI is InChI=1S/C23H23NO2S/c1-23(26,16-24-22(25)20-10-6-7-11-21(20)27-2)19-14-12-18(13-15-19)17-8-4-3-5-9-17/h3-15,26H,16H2,1-2H3,(H,24,25). The summed E-state index contributed by atoms with van der Waals surface area (Å²) in [6.45, 7) is 1.85. The van der Waals surface area contributed by atoms with Crippen LogP contribution in [0.15, 0.2) is 83.8 Å². The van der Waals surface area contributed by atoms with Gasteiger partial charge in [0.25, 0.3) is 5.91 Å². The summed E-state index contributed by atoms with van der Waals surface area (Å²) in [7, 11) is 0. The number of carbonyl (C=O) groups excluding carboxylic acids is 1. The molecule has 0 aliphatic rings.